The van der Waals surface area contributed by atoms with Crippen LogP contribution in [0.5, 0.6) is 5.75 Å². The van der Waals surface area contributed by atoms with Crippen molar-refractivity contribution in [3.8, 4) is 5.75 Å². The molecule has 0 aliphatic carbocycles. The lowest BCUT2D eigenvalue weighted by atomic mass is 9.98. The van der Waals surface area contributed by atoms with Crippen molar-refractivity contribution in [1.82, 2.24) is 4.90 Å². The zero-order chi connectivity index (χ0) is 14.9. The van der Waals surface area contributed by atoms with Crippen molar-refractivity contribution in [3.63, 3.8) is 0 Å². The molecule has 1 heterocycles. The molecule has 1 unspecified atom stereocenters. The van der Waals surface area contributed by atoms with E-state index in [1.54, 1.807) is 0 Å². The molecule has 2 N–H and O–H groups in total. The van der Waals surface area contributed by atoms with Crippen molar-refractivity contribution >= 4 is 0 Å². The molecule has 1 aromatic carbocycles. The summed E-state index contributed by atoms with van der Waals surface area (Å²) >= 11 is 0. The molecule has 2 rings (SSSR count). The highest BCUT2D eigenvalue weighted by molar-refractivity contribution is 5.27. The first-order valence-corrected chi connectivity index (χ1v) is 8.46. The van der Waals surface area contributed by atoms with E-state index in [2.05, 4.69) is 36.1 Å². The molecule has 1 aliphatic rings. The molecule has 0 bridgehead atoms. The van der Waals surface area contributed by atoms with Crippen molar-refractivity contribution in [2.24, 2.45) is 11.7 Å². The second-order valence-electron chi connectivity index (χ2n) is 6.08. The summed E-state index contributed by atoms with van der Waals surface area (Å²) < 4.78 is 5.86. The van der Waals surface area contributed by atoms with E-state index in [1.165, 1.54) is 44.3 Å². The van der Waals surface area contributed by atoms with Crippen LogP contribution in [0.25, 0.3) is 0 Å². The van der Waals surface area contributed by atoms with Gasteiger partial charge in [-0.25, -0.2) is 0 Å². The highest BCUT2D eigenvalue weighted by atomic mass is 16.5. The van der Waals surface area contributed by atoms with Crippen molar-refractivity contribution in [1.29, 1.82) is 0 Å². The number of nitrogens with two attached hydrogens (primary N) is 1. The summed E-state index contributed by atoms with van der Waals surface area (Å²) in [6.45, 7) is 7.31. The van der Waals surface area contributed by atoms with Crippen LogP contribution < -0.4 is 10.5 Å². The van der Waals surface area contributed by atoms with Crippen LogP contribution >= 0.6 is 0 Å². The highest BCUT2D eigenvalue weighted by Crippen LogP contribution is 2.20. The van der Waals surface area contributed by atoms with E-state index in [-0.39, 0.29) is 0 Å². The molecule has 0 saturated carbocycles. The lowest BCUT2D eigenvalue weighted by Crippen LogP contribution is -2.29. The number of hydrogen-bond acceptors (Lipinski definition) is 3. The second kappa shape index (κ2) is 9.06. The van der Waals surface area contributed by atoms with E-state index >= 15 is 0 Å². The standard InChI is InChI=1S/C18H30N2O/c1-2-16-4-3-12-20(13-10-16)14-15-21-18-7-5-17(6-8-18)9-11-19/h5-8,16H,2-4,9-15,19H2,1H3. The Balaban J connectivity index is 1.68. The molecule has 1 aliphatic heterocycles. The molecular weight excluding hydrogens is 260 g/mol. The van der Waals surface area contributed by atoms with Gasteiger partial charge in [-0.3, -0.25) is 4.90 Å². The number of hydrogen-bond donors (Lipinski definition) is 1. The lowest BCUT2D eigenvalue weighted by molar-refractivity contribution is 0.212. The fourth-order valence-corrected chi connectivity index (χ4v) is 3.07. The van der Waals surface area contributed by atoms with Gasteiger partial charge in [0.05, 0.1) is 0 Å². The third-order valence-electron chi connectivity index (χ3n) is 4.55. The van der Waals surface area contributed by atoms with Gasteiger partial charge in [0.2, 0.25) is 0 Å². The van der Waals surface area contributed by atoms with E-state index in [1.807, 2.05) is 0 Å². The predicted octanol–water partition coefficient (Wildman–Crippen LogP) is 3.08. The van der Waals surface area contributed by atoms with Gasteiger partial charge in [-0.15, -0.1) is 0 Å². The zero-order valence-corrected chi connectivity index (χ0v) is 13.4. The normalized spacial score (nSPS) is 20.2. The van der Waals surface area contributed by atoms with Crippen LogP contribution in [0.2, 0.25) is 0 Å². The summed E-state index contributed by atoms with van der Waals surface area (Å²) in [5.74, 6) is 1.91. The van der Waals surface area contributed by atoms with Crippen molar-refractivity contribution in [3.05, 3.63) is 29.8 Å². The quantitative estimate of drug-likeness (QED) is 0.838. The number of ether oxygens (including phenoxy) is 1. The minimum Gasteiger partial charge on any atom is -0.492 e. The predicted molar refractivity (Wildman–Crippen MR) is 88.8 cm³/mol. The maximum atomic E-state index is 5.86. The van der Waals surface area contributed by atoms with E-state index in [0.717, 1.165) is 31.2 Å². The van der Waals surface area contributed by atoms with Crippen LogP contribution in [0.1, 0.15) is 38.2 Å². The molecule has 3 heteroatoms. The SMILES string of the molecule is CCC1CCCN(CCOc2ccc(CCN)cc2)CC1. The topological polar surface area (TPSA) is 38.5 Å². The lowest BCUT2D eigenvalue weighted by Gasteiger charge is -2.20. The molecule has 0 amide bonds. The van der Waals surface area contributed by atoms with Gasteiger partial charge in [-0.05, 0) is 68.9 Å². The Bertz CT molecular complexity index is 391. The van der Waals surface area contributed by atoms with Crippen LogP contribution in [0, 0.1) is 5.92 Å². The molecule has 1 aromatic rings. The Labute approximate surface area is 129 Å². The smallest absolute Gasteiger partial charge is 0.119 e. The summed E-state index contributed by atoms with van der Waals surface area (Å²) in [6.07, 6.45) is 6.36. The number of benzene rings is 1. The van der Waals surface area contributed by atoms with Crippen molar-refractivity contribution < 1.29 is 4.74 Å². The van der Waals surface area contributed by atoms with E-state index in [9.17, 15) is 0 Å². The Morgan fingerprint density at radius 2 is 2.00 bits per heavy atom. The summed E-state index contributed by atoms with van der Waals surface area (Å²) in [4.78, 5) is 2.55. The van der Waals surface area contributed by atoms with Gasteiger partial charge in [0.15, 0.2) is 0 Å². The molecule has 1 atom stereocenters. The number of nitrogens with zero attached hydrogens (tertiary/aromatic N) is 1. The van der Waals surface area contributed by atoms with E-state index in [0.29, 0.717) is 6.54 Å². The first-order chi connectivity index (χ1) is 10.3. The Morgan fingerprint density at radius 1 is 1.19 bits per heavy atom. The highest BCUT2D eigenvalue weighted by Gasteiger charge is 2.15. The van der Waals surface area contributed by atoms with Gasteiger partial charge >= 0.3 is 0 Å². The molecule has 0 spiro atoms. The van der Waals surface area contributed by atoms with Crippen LogP contribution in [0.4, 0.5) is 0 Å². The van der Waals surface area contributed by atoms with Gasteiger partial charge in [-0.2, -0.15) is 0 Å². The van der Waals surface area contributed by atoms with Gasteiger partial charge < -0.3 is 10.5 Å². The average molecular weight is 290 g/mol. The molecule has 0 radical (unpaired) electrons. The van der Waals surface area contributed by atoms with Crippen LogP contribution in [-0.2, 0) is 6.42 Å². The largest absolute Gasteiger partial charge is 0.492 e. The zero-order valence-electron chi connectivity index (χ0n) is 13.4. The van der Waals surface area contributed by atoms with E-state index in [4.69, 9.17) is 10.5 Å². The van der Waals surface area contributed by atoms with Crippen LogP contribution in [0.3, 0.4) is 0 Å². The van der Waals surface area contributed by atoms with Gasteiger partial charge in [0, 0.05) is 6.54 Å². The first kappa shape index (κ1) is 16.3. The molecule has 3 nitrogen and oxygen atoms in total. The number of rotatable bonds is 7. The Hall–Kier alpha value is -1.06. The summed E-state index contributed by atoms with van der Waals surface area (Å²) in [5.41, 5.74) is 6.84. The van der Waals surface area contributed by atoms with Gasteiger partial charge in [0.25, 0.3) is 0 Å². The van der Waals surface area contributed by atoms with Crippen molar-refractivity contribution in [2.45, 2.75) is 39.0 Å². The van der Waals surface area contributed by atoms with E-state index < -0.39 is 0 Å². The molecule has 1 fully saturated rings. The molecule has 21 heavy (non-hydrogen) atoms. The number of likely N-dealkylation sites (tertiary alicyclic amines) is 1. The Kier molecular flexibility index (Phi) is 7.04. The molecule has 0 aromatic heterocycles. The monoisotopic (exact) mass is 290 g/mol. The molecule has 118 valence electrons. The van der Waals surface area contributed by atoms with Crippen LogP contribution in [0.15, 0.2) is 24.3 Å². The molecular formula is C18H30N2O. The first-order valence-electron chi connectivity index (χ1n) is 8.46. The maximum absolute atomic E-state index is 5.86. The average Bonchev–Trinajstić information content (AvgIpc) is 2.74. The molecule has 1 saturated heterocycles. The maximum Gasteiger partial charge on any atom is 0.119 e. The third-order valence-corrected chi connectivity index (χ3v) is 4.55. The second-order valence-corrected chi connectivity index (χ2v) is 6.08. The summed E-state index contributed by atoms with van der Waals surface area (Å²) in [5, 5.41) is 0. The fourth-order valence-electron chi connectivity index (χ4n) is 3.07. The minimum absolute atomic E-state index is 0.702. The minimum atomic E-state index is 0.702. The van der Waals surface area contributed by atoms with Crippen LogP contribution in [-0.4, -0.2) is 37.7 Å². The summed E-state index contributed by atoms with van der Waals surface area (Å²) in [7, 11) is 0. The summed E-state index contributed by atoms with van der Waals surface area (Å²) in [6, 6.07) is 8.33. The fraction of sp³-hybridized carbons (Fsp3) is 0.667. The van der Waals surface area contributed by atoms with Gasteiger partial charge in [0.1, 0.15) is 12.4 Å². The van der Waals surface area contributed by atoms with Gasteiger partial charge in [-0.1, -0.05) is 25.5 Å². The van der Waals surface area contributed by atoms with Crippen molar-refractivity contribution in [2.75, 3.05) is 32.8 Å². The third kappa shape index (κ3) is 5.68. The Morgan fingerprint density at radius 3 is 2.71 bits per heavy atom.